The van der Waals surface area contributed by atoms with E-state index >= 15 is 0 Å². The third-order valence-corrected chi connectivity index (χ3v) is 3.18. The second-order valence-electron chi connectivity index (χ2n) is 4.50. The predicted octanol–water partition coefficient (Wildman–Crippen LogP) is 3.84. The summed E-state index contributed by atoms with van der Waals surface area (Å²) >= 11 is 0. The molecular weight excluding hydrogens is 222 g/mol. The van der Waals surface area contributed by atoms with Gasteiger partial charge >= 0.3 is 0 Å². The number of benzene rings is 2. The normalized spacial score (nSPS) is 12.3. The molecule has 0 aromatic heterocycles. The van der Waals surface area contributed by atoms with Gasteiger partial charge in [-0.15, -0.1) is 0 Å². The van der Waals surface area contributed by atoms with Crippen molar-refractivity contribution in [3.05, 3.63) is 71.0 Å². The van der Waals surface area contributed by atoms with Crippen LogP contribution in [0.4, 0.5) is 4.39 Å². The topological polar surface area (TPSA) is 0 Å². The van der Waals surface area contributed by atoms with Gasteiger partial charge in [0.05, 0.1) is 7.85 Å². The van der Waals surface area contributed by atoms with Gasteiger partial charge in [0, 0.05) is 0 Å². The Bertz CT molecular complexity index is 508. The Morgan fingerprint density at radius 1 is 1.11 bits per heavy atom. The number of hydrogen-bond acceptors (Lipinski definition) is 0. The number of rotatable bonds is 4. The van der Waals surface area contributed by atoms with E-state index in [4.69, 9.17) is 7.85 Å². The first-order chi connectivity index (χ1) is 8.70. The first-order valence-corrected chi connectivity index (χ1v) is 6.28. The monoisotopic (exact) mass is 238 g/mol. The summed E-state index contributed by atoms with van der Waals surface area (Å²) in [6.07, 6.45) is 1.38. The maximum Gasteiger partial charge on any atom is 0.126 e. The van der Waals surface area contributed by atoms with Crippen LogP contribution in [0.1, 0.15) is 29.4 Å². The minimum absolute atomic E-state index is 0.0851. The molecule has 0 spiro atoms. The average molecular weight is 238 g/mol. The molecule has 0 saturated carbocycles. The van der Waals surface area contributed by atoms with Crippen molar-refractivity contribution >= 4 is 7.85 Å². The maximum absolute atomic E-state index is 13.7. The molecule has 0 aliphatic rings. The highest BCUT2D eigenvalue weighted by Crippen LogP contribution is 2.19. The van der Waals surface area contributed by atoms with Crippen molar-refractivity contribution in [1.29, 1.82) is 0 Å². The summed E-state index contributed by atoms with van der Waals surface area (Å²) in [5, 5.41) is 0. The van der Waals surface area contributed by atoms with Crippen LogP contribution in [0.5, 0.6) is 0 Å². The van der Waals surface area contributed by atoms with Crippen molar-refractivity contribution in [2.24, 2.45) is 0 Å². The molecule has 0 N–H and O–H groups in total. The summed E-state index contributed by atoms with van der Waals surface area (Å²) < 4.78 is 13.7. The van der Waals surface area contributed by atoms with Crippen LogP contribution < -0.4 is 0 Å². The molecule has 0 amide bonds. The van der Waals surface area contributed by atoms with Crippen molar-refractivity contribution in [3.63, 3.8) is 0 Å². The molecule has 2 radical (unpaired) electrons. The number of hydrogen-bond donors (Lipinski definition) is 0. The lowest BCUT2D eigenvalue weighted by atomic mass is 9.77. The first kappa shape index (κ1) is 12.9. The number of aryl methyl sites for hydroxylation is 1. The zero-order valence-corrected chi connectivity index (χ0v) is 10.6. The second kappa shape index (κ2) is 5.86. The van der Waals surface area contributed by atoms with E-state index in [2.05, 4.69) is 0 Å². The average Bonchev–Trinajstić information content (AvgIpc) is 2.40. The quantitative estimate of drug-likeness (QED) is 0.710. The van der Waals surface area contributed by atoms with Gasteiger partial charge in [0.25, 0.3) is 0 Å². The third kappa shape index (κ3) is 3.01. The predicted molar refractivity (Wildman–Crippen MR) is 74.4 cm³/mol. The summed E-state index contributed by atoms with van der Waals surface area (Å²) in [5.41, 5.74) is 2.78. The molecule has 0 saturated heterocycles. The summed E-state index contributed by atoms with van der Waals surface area (Å²) in [5.74, 6) is -0.215. The molecule has 18 heavy (non-hydrogen) atoms. The molecule has 0 aliphatic heterocycles. The van der Waals surface area contributed by atoms with E-state index in [9.17, 15) is 4.39 Å². The fourth-order valence-electron chi connectivity index (χ4n) is 2.08. The van der Waals surface area contributed by atoms with Gasteiger partial charge in [-0.2, -0.15) is 0 Å². The van der Waals surface area contributed by atoms with Crippen LogP contribution >= 0.6 is 0 Å². The Morgan fingerprint density at radius 3 is 2.44 bits per heavy atom. The van der Waals surface area contributed by atoms with Crippen molar-refractivity contribution in [2.75, 3.05) is 0 Å². The molecule has 2 heteroatoms. The van der Waals surface area contributed by atoms with Gasteiger partial charge in [-0.3, -0.25) is 0 Å². The Hall–Kier alpha value is -1.57. The zero-order valence-electron chi connectivity index (χ0n) is 10.6. The molecule has 0 fully saturated rings. The fraction of sp³-hybridized carbons (Fsp3) is 0.250. The molecule has 90 valence electrons. The molecule has 2 aromatic carbocycles. The van der Waals surface area contributed by atoms with Gasteiger partial charge in [-0.1, -0.05) is 55.0 Å². The molecule has 0 nitrogen and oxygen atoms in total. The second-order valence-corrected chi connectivity index (χ2v) is 4.50. The van der Waals surface area contributed by atoms with Crippen LogP contribution in [0, 0.1) is 5.82 Å². The van der Waals surface area contributed by atoms with Crippen LogP contribution in [0.15, 0.2) is 48.5 Å². The van der Waals surface area contributed by atoms with Gasteiger partial charge in [-0.05, 0) is 35.9 Å². The van der Waals surface area contributed by atoms with Crippen LogP contribution in [0.3, 0.4) is 0 Å². The molecule has 0 heterocycles. The first-order valence-electron chi connectivity index (χ1n) is 6.28. The van der Waals surface area contributed by atoms with E-state index in [-0.39, 0.29) is 11.6 Å². The van der Waals surface area contributed by atoms with Gasteiger partial charge in [0.15, 0.2) is 0 Å². The molecular formula is C16H16BF. The lowest BCUT2D eigenvalue weighted by Crippen LogP contribution is -2.03. The Balaban J connectivity index is 2.12. The lowest BCUT2D eigenvalue weighted by molar-refractivity contribution is 0.609. The highest BCUT2D eigenvalue weighted by molar-refractivity contribution is 6.12. The highest BCUT2D eigenvalue weighted by Gasteiger charge is 2.08. The van der Waals surface area contributed by atoms with Gasteiger partial charge in [-0.25, -0.2) is 4.39 Å². The van der Waals surface area contributed by atoms with Crippen molar-refractivity contribution in [1.82, 2.24) is 0 Å². The third-order valence-electron chi connectivity index (χ3n) is 3.18. The maximum atomic E-state index is 13.7. The Labute approximate surface area is 109 Å². The Morgan fingerprint density at radius 2 is 1.83 bits per heavy atom. The fourth-order valence-corrected chi connectivity index (χ4v) is 2.08. The minimum atomic E-state index is -0.129. The van der Waals surface area contributed by atoms with Crippen LogP contribution in [0.25, 0.3) is 0 Å². The van der Waals surface area contributed by atoms with E-state index in [0.29, 0.717) is 6.42 Å². The van der Waals surface area contributed by atoms with Gasteiger partial charge < -0.3 is 0 Å². The highest BCUT2D eigenvalue weighted by atomic mass is 19.1. The lowest BCUT2D eigenvalue weighted by Gasteiger charge is -2.13. The van der Waals surface area contributed by atoms with E-state index in [1.54, 1.807) is 6.07 Å². The van der Waals surface area contributed by atoms with Crippen LogP contribution in [-0.2, 0) is 12.8 Å². The molecule has 0 aliphatic carbocycles. The van der Waals surface area contributed by atoms with Crippen molar-refractivity contribution in [3.8, 4) is 0 Å². The van der Waals surface area contributed by atoms with E-state index in [1.807, 2.05) is 49.4 Å². The minimum Gasteiger partial charge on any atom is -0.207 e. The van der Waals surface area contributed by atoms with Crippen molar-refractivity contribution < 1.29 is 4.39 Å². The van der Waals surface area contributed by atoms with Gasteiger partial charge in [0.1, 0.15) is 5.82 Å². The smallest absolute Gasteiger partial charge is 0.126 e. The summed E-state index contributed by atoms with van der Waals surface area (Å²) in [4.78, 5) is 0. The largest absolute Gasteiger partial charge is 0.207 e. The zero-order chi connectivity index (χ0) is 13.0. The van der Waals surface area contributed by atoms with E-state index in [1.165, 1.54) is 0 Å². The summed E-state index contributed by atoms with van der Waals surface area (Å²) in [6, 6.07) is 15.3. The van der Waals surface area contributed by atoms with Gasteiger partial charge in [0.2, 0.25) is 0 Å². The van der Waals surface area contributed by atoms with Crippen LogP contribution in [0.2, 0.25) is 0 Å². The van der Waals surface area contributed by atoms with E-state index < -0.39 is 0 Å². The SMILES string of the molecule is [B][C@H](Cc1ccc(CC)c(F)c1)c1ccccc1. The molecule has 1 atom stereocenters. The Kier molecular flexibility index (Phi) is 4.19. The molecule has 2 aromatic rings. The number of halogens is 1. The van der Waals surface area contributed by atoms with E-state index in [0.717, 1.165) is 23.1 Å². The molecule has 2 rings (SSSR count). The molecule has 0 bridgehead atoms. The summed E-state index contributed by atoms with van der Waals surface area (Å²) in [6.45, 7) is 1.95. The summed E-state index contributed by atoms with van der Waals surface area (Å²) in [7, 11) is 6.13. The van der Waals surface area contributed by atoms with Crippen molar-refractivity contribution in [2.45, 2.75) is 25.6 Å². The van der Waals surface area contributed by atoms with Crippen LogP contribution in [-0.4, -0.2) is 7.85 Å². The molecule has 0 unspecified atom stereocenters. The standard InChI is InChI=1S/C16H16BF/c1-2-13-9-8-12(11-16(13)18)10-15(17)14-6-4-3-5-7-14/h3-9,11,15H,2,10H2,1H3/t15-/m1/s1.